The van der Waals surface area contributed by atoms with Crippen LogP contribution >= 0.6 is 0 Å². The quantitative estimate of drug-likeness (QED) is 0.675. The second-order valence-electron chi connectivity index (χ2n) is 5.89. The molecule has 2 saturated heterocycles. The molecule has 0 saturated carbocycles. The molecule has 0 radical (unpaired) electrons. The molecule has 5 nitrogen and oxygen atoms in total. The molecule has 16 heavy (non-hydrogen) atoms. The summed E-state index contributed by atoms with van der Waals surface area (Å²) < 4.78 is 5.35. The molecule has 2 heterocycles. The molecule has 0 aromatic rings. The van der Waals surface area contributed by atoms with Crippen molar-refractivity contribution in [1.82, 2.24) is 10.4 Å². The Bertz CT molecular complexity index is 300. The lowest BCUT2D eigenvalue weighted by atomic mass is 9.92. The highest BCUT2D eigenvalue weighted by Gasteiger charge is 2.49. The van der Waals surface area contributed by atoms with E-state index in [0.29, 0.717) is 25.6 Å². The summed E-state index contributed by atoms with van der Waals surface area (Å²) >= 11 is 0. The van der Waals surface area contributed by atoms with Gasteiger partial charge in [-0.15, -0.1) is 0 Å². The lowest BCUT2D eigenvalue weighted by Crippen LogP contribution is -2.44. The van der Waals surface area contributed by atoms with Crippen molar-refractivity contribution in [2.75, 3.05) is 19.7 Å². The van der Waals surface area contributed by atoms with Crippen LogP contribution in [-0.4, -0.2) is 41.8 Å². The number of ether oxygens (including phenoxy) is 1. The number of fused-ring (bicyclic) bond motifs is 1. The number of hydrogen-bond donors (Lipinski definition) is 1. The van der Waals surface area contributed by atoms with E-state index < -0.39 is 5.60 Å². The van der Waals surface area contributed by atoms with Crippen LogP contribution in [0.3, 0.4) is 0 Å². The number of rotatable bonds is 0. The third-order valence-corrected chi connectivity index (χ3v) is 3.10. The number of carbonyl (C=O) groups is 1. The summed E-state index contributed by atoms with van der Waals surface area (Å²) in [6.45, 7) is 9.73. The lowest BCUT2D eigenvalue weighted by Gasteiger charge is -2.26. The SMILES string of the molecule is CC(C)(C)OC(=O)N1C[C@@H]2CON[C@]2(C)C1. The van der Waals surface area contributed by atoms with Gasteiger partial charge in [0.05, 0.1) is 12.1 Å². The predicted molar refractivity (Wildman–Crippen MR) is 58.8 cm³/mol. The third kappa shape index (κ3) is 2.15. The van der Waals surface area contributed by atoms with Crippen LogP contribution in [0.4, 0.5) is 4.79 Å². The summed E-state index contributed by atoms with van der Waals surface area (Å²) in [6, 6.07) is 0. The number of hydroxylamine groups is 1. The van der Waals surface area contributed by atoms with Gasteiger partial charge in [-0.1, -0.05) is 0 Å². The average molecular weight is 228 g/mol. The molecule has 2 fully saturated rings. The maximum absolute atomic E-state index is 11.9. The Morgan fingerprint density at radius 2 is 2.25 bits per heavy atom. The van der Waals surface area contributed by atoms with Gasteiger partial charge in [-0.25, -0.2) is 4.79 Å². The van der Waals surface area contributed by atoms with Gasteiger partial charge in [-0.3, -0.25) is 0 Å². The van der Waals surface area contributed by atoms with E-state index >= 15 is 0 Å². The van der Waals surface area contributed by atoms with Crippen molar-refractivity contribution in [3.63, 3.8) is 0 Å². The minimum atomic E-state index is -0.431. The largest absolute Gasteiger partial charge is 0.444 e. The fourth-order valence-electron chi connectivity index (χ4n) is 2.18. The summed E-state index contributed by atoms with van der Waals surface area (Å²) in [5.41, 5.74) is 2.45. The molecule has 2 atom stereocenters. The van der Waals surface area contributed by atoms with Crippen molar-refractivity contribution >= 4 is 6.09 Å². The van der Waals surface area contributed by atoms with E-state index in [1.807, 2.05) is 20.8 Å². The molecule has 0 bridgehead atoms. The van der Waals surface area contributed by atoms with Crippen LogP contribution in [0.1, 0.15) is 27.7 Å². The molecule has 2 rings (SSSR count). The molecule has 0 aromatic carbocycles. The first-order chi connectivity index (χ1) is 7.30. The average Bonchev–Trinajstić information content (AvgIpc) is 2.55. The van der Waals surface area contributed by atoms with Crippen LogP contribution in [0.15, 0.2) is 0 Å². The third-order valence-electron chi connectivity index (χ3n) is 3.10. The molecular formula is C11H20N2O3. The molecule has 0 spiro atoms. The fourth-order valence-corrected chi connectivity index (χ4v) is 2.18. The first-order valence-electron chi connectivity index (χ1n) is 5.67. The monoisotopic (exact) mass is 228 g/mol. The van der Waals surface area contributed by atoms with Gasteiger partial charge in [-0.05, 0) is 27.7 Å². The van der Waals surface area contributed by atoms with E-state index in [2.05, 4.69) is 12.4 Å². The Morgan fingerprint density at radius 3 is 2.81 bits per heavy atom. The van der Waals surface area contributed by atoms with Gasteiger partial charge in [0, 0.05) is 19.0 Å². The topological polar surface area (TPSA) is 50.8 Å². The Kier molecular flexibility index (Phi) is 2.62. The fraction of sp³-hybridized carbons (Fsp3) is 0.909. The highest BCUT2D eigenvalue weighted by Crippen LogP contribution is 2.32. The lowest BCUT2D eigenvalue weighted by molar-refractivity contribution is 0.0169. The van der Waals surface area contributed by atoms with E-state index in [0.717, 1.165) is 0 Å². The highest BCUT2D eigenvalue weighted by molar-refractivity contribution is 5.68. The minimum Gasteiger partial charge on any atom is -0.444 e. The number of carbonyl (C=O) groups excluding carboxylic acids is 1. The molecular weight excluding hydrogens is 208 g/mol. The zero-order valence-electron chi connectivity index (χ0n) is 10.4. The summed E-state index contributed by atoms with van der Waals surface area (Å²) in [5.74, 6) is 0.361. The van der Waals surface area contributed by atoms with E-state index in [-0.39, 0.29) is 11.6 Å². The highest BCUT2D eigenvalue weighted by atomic mass is 16.7. The second kappa shape index (κ2) is 3.60. The van der Waals surface area contributed by atoms with Gasteiger partial charge in [0.1, 0.15) is 5.60 Å². The first kappa shape index (κ1) is 11.7. The summed E-state index contributed by atoms with van der Waals surface area (Å²) in [4.78, 5) is 18.8. The van der Waals surface area contributed by atoms with Crippen molar-refractivity contribution in [3.05, 3.63) is 0 Å². The number of amides is 1. The van der Waals surface area contributed by atoms with Crippen LogP contribution in [-0.2, 0) is 9.57 Å². The Balaban J connectivity index is 1.97. The molecule has 1 amide bonds. The number of nitrogens with zero attached hydrogens (tertiary/aromatic N) is 1. The van der Waals surface area contributed by atoms with Crippen molar-refractivity contribution in [3.8, 4) is 0 Å². The van der Waals surface area contributed by atoms with Crippen LogP contribution < -0.4 is 5.48 Å². The van der Waals surface area contributed by atoms with Crippen LogP contribution in [0.25, 0.3) is 0 Å². The predicted octanol–water partition coefficient (Wildman–Crippen LogP) is 1.15. The van der Waals surface area contributed by atoms with Gasteiger partial charge in [0.2, 0.25) is 0 Å². The van der Waals surface area contributed by atoms with Crippen LogP contribution in [0.5, 0.6) is 0 Å². The number of hydrogen-bond acceptors (Lipinski definition) is 4. The molecule has 5 heteroatoms. The van der Waals surface area contributed by atoms with Crippen molar-refractivity contribution in [2.45, 2.75) is 38.8 Å². The van der Waals surface area contributed by atoms with Crippen molar-refractivity contribution < 1.29 is 14.4 Å². The molecule has 0 unspecified atom stereocenters. The summed E-state index contributed by atoms with van der Waals surface area (Å²) in [7, 11) is 0. The number of nitrogens with one attached hydrogen (secondary N) is 1. The molecule has 0 aliphatic carbocycles. The molecule has 2 aliphatic rings. The van der Waals surface area contributed by atoms with Crippen molar-refractivity contribution in [2.24, 2.45) is 5.92 Å². The van der Waals surface area contributed by atoms with E-state index in [1.54, 1.807) is 4.90 Å². The van der Waals surface area contributed by atoms with Gasteiger partial charge < -0.3 is 14.5 Å². The zero-order valence-corrected chi connectivity index (χ0v) is 10.4. The maximum Gasteiger partial charge on any atom is 0.410 e. The van der Waals surface area contributed by atoms with E-state index in [4.69, 9.17) is 9.57 Å². The van der Waals surface area contributed by atoms with Crippen molar-refractivity contribution in [1.29, 1.82) is 0 Å². The molecule has 0 aromatic heterocycles. The smallest absolute Gasteiger partial charge is 0.410 e. The Morgan fingerprint density at radius 1 is 1.56 bits per heavy atom. The Labute approximate surface area is 96.0 Å². The summed E-state index contributed by atoms with van der Waals surface area (Å²) in [6.07, 6.45) is -0.232. The number of likely N-dealkylation sites (tertiary alicyclic amines) is 1. The van der Waals surface area contributed by atoms with E-state index in [9.17, 15) is 4.79 Å². The molecule has 1 N–H and O–H groups in total. The van der Waals surface area contributed by atoms with Gasteiger partial charge in [-0.2, -0.15) is 5.48 Å². The standard InChI is InChI=1S/C11H20N2O3/c1-10(2,3)16-9(14)13-5-8-6-15-12-11(8,4)7-13/h8,12H,5-7H2,1-4H3/t8-,11-/m1/s1. The van der Waals surface area contributed by atoms with Gasteiger partial charge in [0.25, 0.3) is 0 Å². The Hall–Kier alpha value is -0.810. The van der Waals surface area contributed by atoms with Gasteiger partial charge in [0.15, 0.2) is 0 Å². The van der Waals surface area contributed by atoms with E-state index in [1.165, 1.54) is 0 Å². The first-order valence-corrected chi connectivity index (χ1v) is 5.67. The van der Waals surface area contributed by atoms with Crippen LogP contribution in [0, 0.1) is 5.92 Å². The maximum atomic E-state index is 11.9. The minimum absolute atomic E-state index is 0.114. The van der Waals surface area contributed by atoms with Crippen LogP contribution in [0.2, 0.25) is 0 Å². The zero-order chi connectivity index (χ0) is 12.0. The second-order valence-corrected chi connectivity index (χ2v) is 5.89. The normalized spacial score (nSPS) is 34.0. The summed E-state index contributed by atoms with van der Waals surface area (Å²) in [5, 5.41) is 0. The van der Waals surface area contributed by atoms with Gasteiger partial charge >= 0.3 is 6.09 Å². The molecule has 92 valence electrons. The molecule has 2 aliphatic heterocycles.